The number of carboxylic acids is 5. The van der Waals surface area contributed by atoms with E-state index in [1.807, 2.05) is 0 Å². The Bertz CT molecular complexity index is 379. The van der Waals surface area contributed by atoms with Crippen LogP contribution in [-0.2, 0) is 24.0 Å². The normalized spacial score (nSPS) is 7.13. The molecule has 0 aliphatic rings. The minimum atomic E-state index is -1.08. The minimum absolute atomic E-state index is 0.296. The van der Waals surface area contributed by atoms with Gasteiger partial charge in [-0.25, -0.2) is 14.4 Å². The zero-order valence-electron chi connectivity index (χ0n) is 12.0. The average Bonchev–Trinajstić information content (AvgIpc) is 2.46. The number of hydrogen-bond donors (Lipinski definition) is 5. The van der Waals surface area contributed by atoms with Gasteiger partial charge in [0.1, 0.15) is 0 Å². The second kappa shape index (κ2) is 20.9. The van der Waals surface area contributed by atoms with Crippen molar-refractivity contribution in [3.8, 4) is 0 Å². The maximum atomic E-state index is 9.64. The first-order valence-corrected chi connectivity index (χ1v) is 5.44. The van der Waals surface area contributed by atoms with Crippen molar-refractivity contribution in [3.05, 3.63) is 38.0 Å². The van der Waals surface area contributed by atoms with Crippen LogP contribution >= 0.6 is 0 Å². The number of carbonyl (C=O) groups is 5. The Labute approximate surface area is 131 Å². The standard InChI is InChI=1S/C4H6O4.3C3H4O2/c5-3(6)1-2-4(7)8;3*1-2-3(4)5/h1-2H2,(H,5,6)(H,7,8);3*2H,1H2,(H,4,5). The van der Waals surface area contributed by atoms with Crippen LogP contribution in [0.4, 0.5) is 0 Å². The fourth-order valence-electron chi connectivity index (χ4n) is 0.214. The van der Waals surface area contributed by atoms with E-state index in [-0.39, 0.29) is 12.8 Å². The maximum absolute atomic E-state index is 9.64. The number of carboxylic acid groups (broad SMARTS) is 5. The van der Waals surface area contributed by atoms with E-state index in [4.69, 9.17) is 25.5 Å². The summed E-state index contributed by atoms with van der Waals surface area (Å²) in [5.41, 5.74) is 0. The molecule has 0 unspecified atom stereocenters. The maximum Gasteiger partial charge on any atom is 0.327 e. The van der Waals surface area contributed by atoms with Crippen LogP contribution in [0.15, 0.2) is 38.0 Å². The fraction of sp³-hybridized carbons (Fsp3) is 0.154. The van der Waals surface area contributed by atoms with E-state index in [1.165, 1.54) is 0 Å². The Morgan fingerprint density at radius 2 is 0.696 bits per heavy atom. The Morgan fingerprint density at radius 1 is 0.565 bits per heavy atom. The Kier molecular flexibility index (Phi) is 25.3. The first kappa shape index (κ1) is 27.8. The van der Waals surface area contributed by atoms with E-state index in [2.05, 4.69) is 19.7 Å². The van der Waals surface area contributed by atoms with Gasteiger partial charge in [-0.2, -0.15) is 0 Å². The largest absolute Gasteiger partial charge is 0.481 e. The van der Waals surface area contributed by atoms with E-state index in [0.29, 0.717) is 0 Å². The van der Waals surface area contributed by atoms with Gasteiger partial charge in [0.25, 0.3) is 0 Å². The Morgan fingerprint density at radius 3 is 0.739 bits per heavy atom. The molecule has 0 saturated heterocycles. The predicted octanol–water partition coefficient (Wildman–Crippen LogP) is 0.707. The SMILES string of the molecule is C=CC(=O)O.C=CC(=O)O.C=CC(=O)O.O=C(O)CCC(=O)O. The summed E-state index contributed by atoms with van der Waals surface area (Å²) < 4.78 is 0. The lowest BCUT2D eigenvalue weighted by Crippen LogP contribution is -2.00. The van der Waals surface area contributed by atoms with Crippen molar-refractivity contribution in [2.45, 2.75) is 12.8 Å². The van der Waals surface area contributed by atoms with E-state index in [9.17, 15) is 24.0 Å². The van der Waals surface area contributed by atoms with Crippen molar-refractivity contribution in [3.63, 3.8) is 0 Å². The Hall–Kier alpha value is -3.43. The summed E-state index contributed by atoms with van der Waals surface area (Å²) >= 11 is 0. The van der Waals surface area contributed by atoms with Gasteiger partial charge in [0.05, 0.1) is 12.8 Å². The van der Waals surface area contributed by atoms with E-state index >= 15 is 0 Å². The molecule has 0 fully saturated rings. The third-order valence-electron chi connectivity index (χ3n) is 1.08. The van der Waals surface area contributed by atoms with Crippen molar-refractivity contribution in [2.24, 2.45) is 0 Å². The summed E-state index contributed by atoms with van der Waals surface area (Å²) in [6.07, 6.45) is 1.91. The van der Waals surface area contributed by atoms with Crippen LogP contribution in [0, 0.1) is 0 Å². The lowest BCUT2D eigenvalue weighted by Gasteiger charge is -1.85. The second-order valence-electron chi connectivity index (χ2n) is 2.91. The molecule has 5 N–H and O–H groups in total. The van der Waals surface area contributed by atoms with Gasteiger partial charge in [-0.15, -0.1) is 0 Å². The molecule has 10 nitrogen and oxygen atoms in total. The summed E-state index contributed by atoms with van der Waals surface area (Å²) in [4.78, 5) is 47.0. The Balaban J connectivity index is -0.000000108. The molecule has 0 aliphatic heterocycles. The van der Waals surface area contributed by atoms with Crippen LogP contribution in [0.5, 0.6) is 0 Å². The molecule has 0 aliphatic carbocycles. The highest BCUT2D eigenvalue weighted by Crippen LogP contribution is 1.86. The molecule has 0 aromatic rings. The summed E-state index contributed by atoms with van der Waals surface area (Å²) in [5, 5.41) is 38.6. The second-order valence-corrected chi connectivity index (χ2v) is 2.91. The van der Waals surface area contributed by atoms with E-state index in [0.717, 1.165) is 18.2 Å². The van der Waals surface area contributed by atoms with Gasteiger partial charge in [0.2, 0.25) is 0 Å². The molecule has 10 heteroatoms. The molecule has 0 spiro atoms. The molecule has 0 atom stereocenters. The van der Waals surface area contributed by atoms with Crippen LogP contribution in [0.2, 0.25) is 0 Å². The molecule has 0 amide bonds. The van der Waals surface area contributed by atoms with Crippen LogP contribution < -0.4 is 0 Å². The third-order valence-corrected chi connectivity index (χ3v) is 1.08. The van der Waals surface area contributed by atoms with Gasteiger partial charge in [-0.05, 0) is 0 Å². The van der Waals surface area contributed by atoms with Crippen LogP contribution in [0.1, 0.15) is 12.8 Å². The zero-order valence-corrected chi connectivity index (χ0v) is 12.0. The summed E-state index contributed by atoms with van der Waals surface area (Å²) in [6.45, 7) is 8.88. The highest BCUT2D eigenvalue weighted by Gasteiger charge is 2.00. The molecule has 0 rings (SSSR count). The number of aliphatic carboxylic acids is 5. The highest BCUT2D eigenvalue weighted by molar-refractivity contribution is 5.79. The monoisotopic (exact) mass is 334 g/mol. The summed E-state index contributed by atoms with van der Waals surface area (Å²) in [6, 6.07) is 0. The van der Waals surface area contributed by atoms with Gasteiger partial charge in [0, 0.05) is 18.2 Å². The molecule has 0 heterocycles. The molecular weight excluding hydrogens is 316 g/mol. The third kappa shape index (κ3) is 89.0. The molecule has 0 aromatic carbocycles. The van der Waals surface area contributed by atoms with Crippen LogP contribution in [-0.4, -0.2) is 55.4 Å². The molecule has 0 saturated carbocycles. The lowest BCUT2D eigenvalue weighted by molar-refractivity contribution is -0.143. The van der Waals surface area contributed by atoms with Gasteiger partial charge < -0.3 is 25.5 Å². The topological polar surface area (TPSA) is 186 Å². The van der Waals surface area contributed by atoms with Gasteiger partial charge in [-0.3, -0.25) is 9.59 Å². The van der Waals surface area contributed by atoms with E-state index in [1.54, 1.807) is 0 Å². The first-order chi connectivity index (χ1) is 10.4. The van der Waals surface area contributed by atoms with Gasteiger partial charge >= 0.3 is 29.8 Å². The van der Waals surface area contributed by atoms with E-state index < -0.39 is 29.8 Å². The fourth-order valence-corrected chi connectivity index (χ4v) is 0.214. The minimum Gasteiger partial charge on any atom is -0.481 e. The zero-order chi connectivity index (χ0) is 19.4. The lowest BCUT2D eigenvalue weighted by atomic mass is 10.3. The van der Waals surface area contributed by atoms with Gasteiger partial charge in [-0.1, -0.05) is 19.7 Å². The van der Waals surface area contributed by atoms with Crippen molar-refractivity contribution in [1.29, 1.82) is 0 Å². The highest BCUT2D eigenvalue weighted by atomic mass is 16.4. The van der Waals surface area contributed by atoms with Gasteiger partial charge in [0.15, 0.2) is 0 Å². The van der Waals surface area contributed by atoms with Crippen molar-refractivity contribution in [2.75, 3.05) is 0 Å². The smallest absolute Gasteiger partial charge is 0.327 e. The molecule has 0 radical (unpaired) electrons. The summed E-state index contributed by atoms with van der Waals surface area (Å²) in [7, 11) is 0. The predicted molar refractivity (Wildman–Crippen MR) is 78.0 cm³/mol. The first-order valence-electron chi connectivity index (χ1n) is 5.44. The summed E-state index contributed by atoms with van der Waals surface area (Å²) in [5.74, 6) is -5.10. The van der Waals surface area contributed by atoms with Crippen molar-refractivity contribution >= 4 is 29.8 Å². The van der Waals surface area contributed by atoms with Crippen LogP contribution in [0.25, 0.3) is 0 Å². The molecular formula is C13H18O10. The van der Waals surface area contributed by atoms with Crippen LogP contribution in [0.3, 0.4) is 0 Å². The molecule has 0 aromatic heterocycles. The average molecular weight is 334 g/mol. The van der Waals surface area contributed by atoms with Crippen molar-refractivity contribution in [1.82, 2.24) is 0 Å². The molecule has 0 bridgehead atoms. The number of rotatable bonds is 6. The molecule has 23 heavy (non-hydrogen) atoms. The number of hydrogen-bond acceptors (Lipinski definition) is 5. The van der Waals surface area contributed by atoms with Crippen molar-refractivity contribution < 1.29 is 49.5 Å². The quantitative estimate of drug-likeness (QED) is 0.433. The molecule has 130 valence electrons.